The van der Waals surface area contributed by atoms with Gasteiger partial charge in [-0.25, -0.2) is 4.39 Å². The van der Waals surface area contributed by atoms with Gasteiger partial charge in [-0.3, -0.25) is 4.79 Å². The smallest absolute Gasteiger partial charge is 0.310 e. The van der Waals surface area contributed by atoms with Crippen LogP contribution in [-0.2, 0) is 16.0 Å². The fourth-order valence-corrected chi connectivity index (χ4v) is 1.41. The second-order valence-electron chi connectivity index (χ2n) is 3.30. The maximum atomic E-state index is 13.2. The topological polar surface area (TPSA) is 50.1 Å². The molecule has 0 saturated heterocycles. The molecule has 0 N–H and O–H groups in total. The number of hydrogen-bond donors (Lipinski definition) is 0. The Hall–Kier alpha value is -1.89. The van der Waals surface area contributed by atoms with Gasteiger partial charge in [0.2, 0.25) is 0 Å². The third-order valence-corrected chi connectivity index (χ3v) is 2.24. The lowest BCUT2D eigenvalue weighted by Gasteiger charge is -2.07. The average Bonchev–Trinajstić information content (AvgIpc) is 2.24. The highest BCUT2D eigenvalue weighted by Gasteiger charge is 2.13. The molecule has 0 aliphatic rings. The van der Waals surface area contributed by atoms with Crippen LogP contribution in [0.2, 0.25) is 0 Å². The van der Waals surface area contributed by atoms with Gasteiger partial charge in [0.15, 0.2) is 0 Å². The Morgan fingerprint density at radius 1 is 1.56 bits per heavy atom. The molecule has 1 rings (SSSR count). The zero-order valence-electron chi connectivity index (χ0n) is 9.21. The monoisotopic (exact) mass is 221 g/mol. The molecule has 84 valence electrons. The molecule has 0 fully saturated rings. The van der Waals surface area contributed by atoms with Crippen molar-refractivity contribution >= 4 is 5.97 Å². The second kappa shape index (κ2) is 5.26. The summed E-state index contributed by atoms with van der Waals surface area (Å²) in [6.07, 6.45) is -0.00213. The minimum absolute atomic E-state index is 0.00213. The Balaban J connectivity index is 3.02. The summed E-state index contributed by atoms with van der Waals surface area (Å²) in [5.74, 6) is -0.853. The second-order valence-corrected chi connectivity index (χ2v) is 3.30. The van der Waals surface area contributed by atoms with E-state index in [1.165, 1.54) is 19.1 Å². The predicted molar refractivity (Wildman–Crippen MR) is 56.2 cm³/mol. The van der Waals surface area contributed by atoms with Gasteiger partial charge in [-0.05, 0) is 25.5 Å². The standard InChI is InChI=1S/C12H12FNO2/c1-3-16-12(15)6-9-4-5-11(13)8(2)10(9)7-14/h4-5H,3,6H2,1-2H3. The highest BCUT2D eigenvalue weighted by Crippen LogP contribution is 2.17. The molecule has 0 heterocycles. The van der Waals surface area contributed by atoms with Gasteiger partial charge >= 0.3 is 5.97 Å². The Kier molecular flexibility index (Phi) is 4.01. The van der Waals surface area contributed by atoms with Crippen molar-refractivity contribution in [3.63, 3.8) is 0 Å². The normalized spacial score (nSPS) is 9.62. The van der Waals surface area contributed by atoms with Crippen molar-refractivity contribution in [2.45, 2.75) is 20.3 Å². The van der Waals surface area contributed by atoms with Crippen LogP contribution in [0.5, 0.6) is 0 Å². The van der Waals surface area contributed by atoms with E-state index >= 15 is 0 Å². The van der Waals surface area contributed by atoms with Crippen molar-refractivity contribution in [1.29, 1.82) is 5.26 Å². The number of rotatable bonds is 3. The van der Waals surface area contributed by atoms with E-state index in [1.807, 2.05) is 6.07 Å². The zero-order chi connectivity index (χ0) is 12.1. The largest absolute Gasteiger partial charge is 0.466 e. The SMILES string of the molecule is CCOC(=O)Cc1ccc(F)c(C)c1C#N. The van der Waals surface area contributed by atoms with Crippen molar-refractivity contribution < 1.29 is 13.9 Å². The van der Waals surface area contributed by atoms with E-state index in [9.17, 15) is 9.18 Å². The van der Waals surface area contributed by atoms with Crippen molar-refractivity contribution in [3.05, 3.63) is 34.6 Å². The minimum Gasteiger partial charge on any atom is -0.466 e. The van der Waals surface area contributed by atoms with E-state index in [-0.39, 0.29) is 17.5 Å². The Morgan fingerprint density at radius 3 is 2.81 bits per heavy atom. The number of carbonyl (C=O) groups is 1. The zero-order valence-corrected chi connectivity index (χ0v) is 9.21. The lowest BCUT2D eigenvalue weighted by atomic mass is 10.0. The van der Waals surface area contributed by atoms with E-state index in [0.29, 0.717) is 12.2 Å². The summed E-state index contributed by atoms with van der Waals surface area (Å²) in [5.41, 5.74) is 0.984. The molecule has 4 heteroatoms. The van der Waals surface area contributed by atoms with E-state index in [0.717, 1.165) is 0 Å². The van der Waals surface area contributed by atoms with Crippen LogP contribution in [0.3, 0.4) is 0 Å². The first-order chi connectivity index (χ1) is 7.60. The number of halogens is 1. The molecule has 3 nitrogen and oxygen atoms in total. The van der Waals surface area contributed by atoms with Crippen LogP contribution in [0.15, 0.2) is 12.1 Å². The lowest BCUT2D eigenvalue weighted by Crippen LogP contribution is -2.09. The van der Waals surface area contributed by atoms with E-state index in [1.54, 1.807) is 6.92 Å². The summed E-state index contributed by atoms with van der Waals surface area (Å²) in [4.78, 5) is 11.3. The summed E-state index contributed by atoms with van der Waals surface area (Å²) in [7, 11) is 0. The number of esters is 1. The summed E-state index contributed by atoms with van der Waals surface area (Å²) in [5, 5.41) is 8.90. The van der Waals surface area contributed by atoms with E-state index < -0.39 is 11.8 Å². The molecule has 0 unspecified atom stereocenters. The lowest BCUT2D eigenvalue weighted by molar-refractivity contribution is -0.142. The van der Waals surface area contributed by atoms with Gasteiger partial charge < -0.3 is 4.74 Å². The van der Waals surface area contributed by atoms with Crippen LogP contribution in [0.25, 0.3) is 0 Å². The first-order valence-corrected chi connectivity index (χ1v) is 4.93. The number of nitrogens with zero attached hydrogens (tertiary/aromatic N) is 1. The predicted octanol–water partition coefficient (Wildman–Crippen LogP) is 2.11. The van der Waals surface area contributed by atoms with Crippen molar-refractivity contribution in [3.8, 4) is 6.07 Å². The number of carbonyl (C=O) groups excluding carboxylic acids is 1. The van der Waals surface area contributed by atoms with Gasteiger partial charge in [0.25, 0.3) is 0 Å². The van der Waals surface area contributed by atoms with Crippen LogP contribution in [0.1, 0.15) is 23.6 Å². The fraction of sp³-hybridized carbons (Fsp3) is 0.333. The molecule has 0 aliphatic heterocycles. The van der Waals surface area contributed by atoms with Crippen LogP contribution in [0, 0.1) is 24.1 Å². The van der Waals surface area contributed by atoms with Gasteiger partial charge in [-0.15, -0.1) is 0 Å². The molecule has 0 bridgehead atoms. The van der Waals surface area contributed by atoms with Crippen LogP contribution in [-0.4, -0.2) is 12.6 Å². The maximum absolute atomic E-state index is 13.2. The molecule has 0 amide bonds. The third kappa shape index (κ3) is 2.57. The van der Waals surface area contributed by atoms with E-state index in [4.69, 9.17) is 10.00 Å². The van der Waals surface area contributed by atoms with Gasteiger partial charge in [-0.1, -0.05) is 6.07 Å². The number of hydrogen-bond acceptors (Lipinski definition) is 3. The quantitative estimate of drug-likeness (QED) is 0.734. The average molecular weight is 221 g/mol. The molecule has 0 radical (unpaired) electrons. The van der Waals surface area contributed by atoms with Crippen LogP contribution in [0.4, 0.5) is 4.39 Å². The molecule has 0 aromatic heterocycles. The first kappa shape index (κ1) is 12.2. The van der Waals surface area contributed by atoms with E-state index in [2.05, 4.69) is 0 Å². The molecule has 1 aromatic carbocycles. The van der Waals surface area contributed by atoms with Gasteiger partial charge in [0.1, 0.15) is 5.82 Å². The summed E-state index contributed by atoms with van der Waals surface area (Å²) < 4.78 is 17.9. The Labute approximate surface area is 93.5 Å². The summed E-state index contributed by atoms with van der Waals surface area (Å²) in [6, 6.07) is 4.60. The Bertz CT molecular complexity index is 449. The van der Waals surface area contributed by atoms with Gasteiger partial charge in [0.05, 0.1) is 24.7 Å². The highest BCUT2D eigenvalue weighted by atomic mass is 19.1. The minimum atomic E-state index is -0.441. The van der Waals surface area contributed by atoms with Crippen molar-refractivity contribution in [2.75, 3.05) is 6.61 Å². The number of ether oxygens (including phenoxy) is 1. The molecule has 16 heavy (non-hydrogen) atoms. The summed E-state index contributed by atoms with van der Waals surface area (Å²) >= 11 is 0. The number of benzene rings is 1. The van der Waals surface area contributed by atoms with Gasteiger partial charge in [0, 0.05) is 5.56 Å². The Morgan fingerprint density at radius 2 is 2.25 bits per heavy atom. The van der Waals surface area contributed by atoms with Crippen molar-refractivity contribution in [2.24, 2.45) is 0 Å². The molecule has 0 atom stereocenters. The molecule has 0 spiro atoms. The maximum Gasteiger partial charge on any atom is 0.310 e. The molecule has 0 aliphatic carbocycles. The third-order valence-electron chi connectivity index (χ3n) is 2.24. The fourth-order valence-electron chi connectivity index (χ4n) is 1.41. The van der Waals surface area contributed by atoms with Crippen molar-refractivity contribution in [1.82, 2.24) is 0 Å². The van der Waals surface area contributed by atoms with Crippen LogP contribution < -0.4 is 0 Å². The van der Waals surface area contributed by atoms with Crippen LogP contribution >= 0.6 is 0 Å². The molecule has 1 aromatic rings. The van der Waals surface area contributed by atoms with Gasteiger partial charge in [-0.2, -0.15) is 5.26 Å². The molecular formula is C12H12FNO2. The number of nitriles is 1. The highest BCUT2D eigenvalue weighted by molar-refractivity contribution is 5.73. The molecular weight excluding hydrogens is 209 g/mol. The first-order valence-electron chi connectivity index (χ1n) is 4.93. The summed E-state index contributed by atoms with van der Waals surface area (Å²) in [6.45, 7) is 3.52. The molecule has 0 saturated carbocycles.